The molecule has 0 spiro atoms. The summed E-state index contributed by atoms with van der Waals surface area (Å²) in [5.74, 6) is 0.0366. The van der Waals surface area contributed by atoms with E-state index in [2.05, 4.69) is 0 Å². The quantitative estimate of drug-likeness (QED) is 0.424. The van der Waals surface area contributed by atoms with E-state index >= 15 is 0 Å². The fourth-order valence-corrected chi connectivity index (χ4v) is 3.98. The predicted octanol–water partition coefficient (Wildman–Crippen LogP) is -0.691. The van der Waals surface area contributed by atoms with Gasteiger partial charge in [0.2, 0.25) is 10.0 Å². The SMILES string of the molecule is CC(=O)CN1CC(S(N)(=O)=O)C1I. The van der Waals surface area contributed by atoms with E-state index in [9.17, 15) is 13.2 Å². The van der Waals surface area contributed by atoms with E-state index in [0.29, 0.717) is 13.1 Å². The van der Waals surface area contributed by atoms with E-state index in [1.807, 2.05) is 22.6 Å². The molecule has 0 amide bonds. The molecule has 1 aliphatic rings. The number of ketones is 1. The van der Waals surface area contributed by atoms with Crippen LogP contribution >= 0.6 is 22.6 Å². The molecule has 1 heterocycles. The topological polar surface area (TPSA) is 80.5 Å². The number of nitrogens with zero attached hydrogens (tertiary/aromatic N) is 1. The number of nitrogens with two attached hydrogens (primary N) is 1. The van der Waals surface area contributed by atoms with Gasteiger partial charge in [-0.25, -0.2) is 13.6 Å². The molecule has 2 unspecified atom stereocenters. The summed E-state index contributed by atoms with van der Waals surface area (Å²) in [6.45, 7) is 2.15. The van der Waals surface area contributed by atoms with Crippen LogP contribution in [0.3, 0.4) is 0 Å². The van der Waals surface area contributed by atoms with E-state index in [1.54, 1.807) is 4.90 Å². The number of halogens is 1. The molecule has 13 heavy (non-hydrogen) atoms. The molecule has 1 aliphatic heterocycles. The molecule has 2 N–H and O–H groups in total. The molecule has 0 aromatic carbocycles. The van der Waals surface area contributed by atoms with Gasteiger partial charge in [0.25, 0.3) is 0 Å². The molecular formula is C6H11IN2O3S. The lowest BCUT2D eigenvalue weighted by molar-refractivity contribution is -0.119. The third-order valence-electron chi connectivity index (χ3n) is 1.92. The van der Waals surface area contributed by atoms with Gasteiger partial charge in [-0.15, -0.1) is 0 Å². The third-order valence-corrected chi connectivity index (χ3v) is 5.31. The summed E-state index contributed by atoms with van der Waals surface area (Å²) in [6.07, 6.45) is 0. The van der Waals surface area contributed by atoms with Gasteiger partial charge in [-0.2, -0.15) is 0 Å². The van der Waals surface area contributed by atoms with Gasteiger partial charge in [0, 0.05) is 6.54 Å². The maximum Gasteiger partial charge on any atom is 0.215 e. The van der Waals surface area contributed by atoms with E-state index < -0.39 is 15.3 Å². The lowest BCUT2D eigenvalue weighted by Gasteiger charge is -2.42. The summed E-state index contributed by atoms with van der Waals surface area (Å²) in [4.78, 5) is 12.5. The Kier molecular flexibility index (Phi) is 3.31. The number of rotatable bonds is 3. The number of likely N-dealkylation sites (tertiary alicyclic amines) is 1. The first kappa shape index (κ1) is 11.3. The van der Waals surface area contributed by atoms with E-state index in [4.69, 9.17) is 5.14 Å². The summed E-state index contributed by atoms with van der Waals surface area (Å²) < 4.78 is 21.7. The van der Waals surface area contributed by atoms with Gasteiger partial charge in [0.15, 0.2) is 0 Å². The molecule has 1 rings (SSSR count). The highest BCUT2D eigenvalue weighted by Crippen LogP contribution is 2.27. The Morgan fingerprint density at radius 2 is 2.23 bits per heavy atom. The Hall–Kier alpha value is 0.270. The van der Waals surface area contributed by atoms with Crippen molar-refractivity contribution in [3.63, 3.8) is 0 Å². The zero-order valence-electron chi connectivity index (χ0n) is 7.10. The summed E-state index contributed by atoms with van der Waals surface area (Å²) in [5.41, 5.74) is 0. The second kappa shape index (κ2) is 3.79. The number of primary sulfonamides is 1. The van der Waals surface area contributed by atoms with Crippen molar-refractivity contribution in [3.8, 4) is 0 Å². The number of carbonyl (C=O) groups excluding carboxylic acids is 1. The standard InChI is InChI=1S/C6H11IN2O3S/c1-4(10)2-9-3-5(6(9)7)13(8,11)12/h5-6H,2-3H2,1H3,(H2,8,11,12). The number of carbonyl (C=O) groups is 1. The molecule has 2 atom stereocenters. The molecule has 7 heteroatoms. The highest BCUT2D eigenvalue weighted by Gasteiger charge is 2.44. The maximum absolute atomic E-state index is 10.9. The van der Waals surface area contributed by atoms with Crippen molar-refractivity contribution in [2.45, 2.75) is 16.2 Å². The van der Waals surface area contributed by atoms with E-state index in [-0.39, 0.29) is 9.83 Å². The van der Waals surface area contributed by atoms with Gasteiger partial charge < -0.3 is 0 Å². The minimum Gasteiger partial charge on any atom is -0.299 e. The fraction of sp³-hybridized carbons (Fsp3) is 0.833. The first-order valence-corrected chi connectivity index (χ1v) is 6.57. The van der Waals surface area contributed by atoms with Crippen LogP contribution in [0, 0.1) is 0 Å². The molecular weight excluding hydrogens is 307 g/mol. The van der Waals surface area contributed by atoms with Crippen LogP contribution < -0.4 is 5.14 Å². The number of hydrogen-bond acceptors (Lipinski definition) is 4. The molecule has 1 fully saturated rings. The van der Waals surface area contributed by atoms with Crippen LogP contribution in [0.15, 0.2) is 0 Å². The highest BCUT2D eigenvalue weighted by molar-refractivity contribution is 14.1. The lowest BCUT2D eigenvalue weighted by Crippen LogP contribution is -2.62. The molecule has 5 nitrogen and oxygen atoms in total. The number of sulfonamides is 1. The largest absolute Gasteiger partial charge is 0.299 e. The minimum atomic E-state index is -3.44. The van der Waals surface area contributed by atoms with Crippen molar-refractivity contribution in [1.82, 2.24) is 4.90 Å². The average molecular weight is 318 g/mol. The molecule has 0 aromatic heterocycles. The van der Waals surface area contributed by atoms with Gasteiger partial charge in [0.1, 0.15) is 11.0 Å². The zero-order valence-corrected chi connectivity index (χ0v) is 10.1. The summed E-state index contributed by atoms with van der Waals surface area (Å²) in [7, 11) is -3.44. The molecule has 0 saturated carbocycles. The minimum absolute atomic E-state index is 0.0366. The zero-order chi connectivity index (χ0) is 10.2. The lowest BCUT2D eigenvalue weighted by atomic mass is 10.2. The molecule has 76 valence electrons. The Balaban J connectivity index is 2.53. The van der Waals surface area contributed by atoms with Crippen molar-refractivity contribution in [3.05, 3.63) is 0 Å². The van der Waals surface area contributed by atoms with Crippen molar-refractivity contribution in [2.24, 2.45) is 5.14 Å². The Labute approximate surface area is 90.8 Å². The molecule has 0 aliphatic carbocycles. The van der Waals surface area contributed by atoms with Crippen molar-refractivity contribution < 1.29 is 13.2 Å². The Morgan fingerprint density at radius 1 is 1.69 bits per heavy atom. The first-order valence-electron chi connectivity index (χ1n) is 3.71. The smallest absolute Gasteiger partial charge is 0.215 e. The van der Waals surface area contributed by atoms with Crippen LogP contribution in [0.2, 0.25) is 0 Å². The predicted molar refractivity (Wildman–Crippen MR) is 57.0 cm³/mol. The normalized spacial score (nSPS) is 29.8. The number of Topliss-reactive ketones (excluding diaryl/α,β-unsaturated/α-hetero) is 1. The Bertz CT molecular complexity index is 316. The van der Waals surface area contributed by atoms with Gasteiger partial charge in [0.05, 0.1) is 10.6 Å². The number of hydrogen-bond donors (Lipinski definition) is 1. The second-order valence-corrected chi connectivity index (χ2v) is 6.19. The molecule has 1 saturated heterocycles. The summed E-state index contributed by atoms with van der Waals surface area (Å²) in [5, 5.41) is 4.46. The molecule has 0 aromatic rings. The van der Waals surface area contributed by atoms with Crippen LogP contribution in [0.25, 0.3) is 0 Å². The highest BCUT2D eigenvalue weighted by atomic mass is 127. The number of alkyl halides is 1. The molecule has 0 bridgehead atoms. The van der Waals surface area contributed by atoms with Crippen LogP contribution in [0.5, 0.6) is 0 Å². The monoisotopic (exact) mass is 318 g/mol. The van der Waals surface area contributed by atoms with Gasteiger partial charge in [-0.3, -0.25) is 9.69 Å². The van der Waals surface area contributed by atoms with Crippen LogP contribution in [0.1, 0.15) is 6.92 Å². The summed E-state index contributed by atoms with van der Waals surface area (Å²) >= 11 is 1.99. The maximum atomic E-state index is 10.9. The van der Waals surface area contributed by atoms with Crippen molar-refractivity contribution in [1.29, 1.82) is 0 Å². The third kappa shape index (κ3) is 2.61. The van der Waals surface area contributed by atoms with E-state index in [0.717, 1.165) is 0 Å². The van der Waals surface area contributed by atoms with Crippen molar-refractivity contribution in [2.75, 3.05) is 13.1 Å². The average Bonchev–Trinajstić information content (AvgIpc) is 1.93. The van der Waals surface area contributed by atoms with Gasteiger partial charge in [-0.05, 0) is 6.92 Å². The van der Waals surface area contributed by atoms with Crippen LogP contribution in [-0.4, -0.2) is 41.5 Å². The fourth-order valence-electron chi connectivity index (χ4n) is 1.21. The van der Waals surface area contributed by atoms with Crippen molar-refractivity contribution >= 4 is 38.4 Å². The molecule has 0 radical (unpaired) electrons. The van der Waals surface area contributed by atoms with Gasteiger partial charge in [-0.1, -0.05) is 22.6 Å². The van der Waals surface area contributed by atoms with Gasteiger partial charge >= 0.3 is 0 Å². The Morgan fingerprint density at radius 3 is 2.54 bits per heavy atom. The first-order chi connectivity index (χ1) is 5.82. The summed E-state index contributed by atoms with van der Waals surface area (Å²) in [6, 6.07) is 0. The second-order valence-electron chi connectivity index (χ2n) is 3.13. The van der Waals surface area contributed by atoms with Crippen LogP contribution in [-0.2, 0) is 14.8 Å². The van der Waals surface area contributed by atoms with Crippen LogP contribution in [0.4, 0.5) is 0 Å². The van der Waals surface area contributed by atoms with E-state index in [1.165, 1.54) is 6.92 Å².